The predicted octanol–water partition coefficient (Wildman–Crippen LogP) is 2.12. The van der Waals surface area contributed by atoms with Crippen LogP contribution in [-0.4, -0.2) is 57.5 Å². The summed E-state index contributed by atoms with van der Waals surface area (Å²) >= 11 is 0. The van der Waals surface area contributed by atoms with Gasteiger partial charge in [0.05, 0.1) is 6.54 Å². The number of aryl methyl sites for hydroxylation is 1. The molecule has 1 aromatic carbocycles. The van der Waals surface area contributed by atoms with Crippen molar-refractivity contribution in [2.75, 3.05) is 24.5 Å². The summed E-state index contributed by atoms with van der Waals surface area (Å²) in [6, 6.07) is 7.62. The molecule has 164 valence electrons. The number of rotatable bonds is 5. The highest BCUT2D eigenvalue weighted by atomic mass is 19.4. The van der Waals surface area contributed by atoms with Crippen LogP contribution in [0.3, 0.4) is 0 Å². The Labute approximate surface area is 170 Å². The van der Waals surface area contributed by atoms with E-state index in [0.29, 0.717) is 11.4 Å². The van der Waals surface area contributed by atoms with E-state index in [1.165, 1.54) is 12.8 Å². The number of carboxylic acid groups (broad SMARTS) is 1. The van der Waals surface area contributed by atoms with Gasteiger partial charge < -0.3 is 25.0 Å². The van der Waals surface area contributed by atoms with Crippen molar-refractivity contribution < 1.29 is 33.0 Å². The number of carboxylic acids is 1. The third-order valence-corrected chi connectivity index (χ3v) is 4.46. The Morgan fingerprint density at radius 1 is 1.20 bits per heavy atom. The molecule has 3 N–H and O–H groups in total. The third-order valence-electron chi connectivity index (χ3n) is 4.46. The van der Waals surface area contributed by atoms with E-state index in [0.717, 1.165) is 18.8 Å². The van der Waals surface area contributed by atoms with Gasteiger partial charge in [-0.15, -0.1) is 0 Å². The van der Waals surface area contributed by atoms with Crippen molar-refractivity contribution in [3.63, 3.8) is 0 Å². The first kappa shape index (κ1) is 23.2. The lowest BCUT2D eigenvalue weighted by molar-refractivity contribution is -0.192. The molecule has 0 bridgehead atoms. The van der Waals surface area contributed by atoms with Crippen LogP contribution in [0.25, 0.3) is 0 Å². The SMILES string of the molecule is Cn1ccnc1C(O)CNC(=O)c1ccc(N2CCCC2)cc1.O=C(O)C(F)(F)F. The van der Waals surface area contributed by atoms with Crippen molar-refractivity contribution in [3.8, 4) is 0 Å². The molecule has 0 spiro atoms. The Bertz CT molecular complexity index is 846. The number of nitrogens with one attached hydrogen (secondary N) is 1. The quantitative estimate of drug-likeness (QED) is 0.674. The topological polar surface area (TPSA) is 108 Å². The first-order chi connectivity index (χ1) is 14.1. The fourth-order valence-electron chi connectivity index (χ4n) is 2.88. The molecule has 30 heavy (non-hydrogen) atoms. The maximum Gasteiger partial charge on any atom is 0.490 e. The number of aromatic nitrogens is 2. The number of anilines is 1. The largest absolute Gasteiger partial charge is 0.490 e. The summed E-state index contributed by atoms with van der Waals surface area (Å²) in [5.74, 6) is -2.41. The van der Waals surface area contributed by atoms with E-state index in [1.54, 1.807) is 17.0 Å². The van der Waals surface area contributed by atoms with Gasteiger partial charge in [0.2, 0.25) is 0 Å². The van der Waals surface area contributed by atoms with E-state index in [1.807, 2.05) is 31.3 Å². The first-order valence-corrected chi connectivity index (χ1v) is 9.18. The normalized spacial score (nSPS) is 14.6. The minimum atomic E-state index is -5.08. The van der Waals surface area contributed by atoms with E-state index < -0.39 is 18.2 Å². The summed E-state index contributed by atoms with van der Waals surface area (Å²) < 4.78 is 33.5. The molecule has 1 aliphatic rings. The molecule has 8 nitrogen and oxygen atoms in total. The average molecular weight is 428 g/mol. The van der Waals surface area contributed by atoms with Crippen LogP contribution in [0.1, 0.15) is 35.1 Å². The fourth-order valence-corrected chi connectivity index (χ4v) is 2.88. The molecule has 11 heteroatoms. The molecule has 1 amide bonds. The summed E-state index contributed by atoms with van der Waals surface area (Å²) in [7, 11) is 1.81. The molecule has 2 heterocycles. The highest BCUT2D eigenvalue weighted by Crippen LogP contribution is 2.20. The zero-order valence-electron chi connectivity index (χ0n) is 16.3. The van der Waals surface area contributed by atoms with Gasteiger partial charge in [0.1, 0.15) is 11.9 Å². The van der Waals surface area contributed by atoms with Crippen molar-refractivity contribution in [1.29, 1.82) is 0 Å². The third kappa shape index (κ3) is 6.48. The molecule has 2 aromatic rings. The van der Waals surface area contributed by atoms with Gasteiger partial charge in [-0.1, -0.05) is 0 Å². The van der Waals surface area contributed by atoms with E-state index in [2.05, 4.69) is 15.2 Å². The number of hydrogen-bond acceptors (Lipinski definition) is 5. The van der Waals surface area contributed by atoms with Crippen LogP contribution in [0.4, 0.5) is 18.9 Å². The maximum atomic E-state index is 12.2. The molecule has 0 aliphatic carbocycles. The summed E-state index contributed by atoms with van der Waals surface area (Å²) in [5.41, 5.74) is 1.76. The molecule has 0 saturated carbocycles. The van der Waals surface area contributed by atoms with Crippen LogP contribution in [-0.2, 0) is 11.8 Å². The van der Waals surface area contributed by atoms with Gasteiger partial charge in [0.25, 0.3) is 5.91 Å². The standard InChI is InChI=1S/C17H22N4O2.C2HF3O2/c1-20-11-8-18-16(20)15(22)12-19-17(23)13-4-6-14(7-5-13)21-9-2-3-10-21;3-2(4,5)1(6)7/h4-8,11,15,22H,2-3,9-10,12H2,1H3,(H,19,23);(H,6,7). The molecule has 0 radical (unpaired) electrons. The maximum absolute atomic E-state index is 12.2. The fraction of sp³-hybridized carbons (Fsp3) is 0.421. The number of carbonyl (C=O) groups excluding carboxylic acids is 1. The predicted molar refractivity (Wildman–Crippen MR) is 102 cm³/mol. The average Bonchev–Trinajstić information content (AvgIpc) is 3.37. The molecule has 1 saturated heterocycles. The molecule has 1 fully saturated rings. The Morgan fingerprint density at radius 3 is 2.23 bits per heavy atom. The van der Waals surface area contributed by atoms with Crippen molar-refractivity contribution in [2.24, 2.45) is 7.05 Å². The summed E-state index contributed by atoms with van der Waals surface area (Å²) in [4.78, 5) is 27.5. The summed E-state index contributed by atoms with van der Waals surface area (Å²) in [6.07, 6.45) is -0.0574. The van der Waals surface area contributed by atoms with Crippen LogP contribution in [0.2, 0.25) is 0 Å². The van der Waals surface area contributed by atoms with Gasteiger partial charge in [-0.3, -0.25) is 4.79 Å². The van der Waals surface area contributed by atoms with E-state index in [9.17, 15) is 23.1 Å². The minimum absolute atomic E-state index is 0.136. The van der Waals surface area contributed by atoms with Crippen LogP contribution >= 0.6 is 0 Å². The van der Waals surface area contributed by atoms with Crippen molar-refractivity contribution in [2.45, 2.75) is 25.1 Å². The number of aliphatic hydroxyl groups is 1. The second-order valence-electron chi connectivity index (χ2n) is 6.67. The Hall–Kier alpha value is -3.08. The van der Waals surface area contributed by atoms with Crippen LogP contribution in [0.5, 0.6) is 0 Å². The summed E-state index contributed by atoms with van der Waals surface area (Å²) in [5, 5.41) is 19.9. The van der Waals surface area contributed by atoms with Gasteiger partial charge in [0, 0.05) is 43.8 Å². The number of alkyl halides is 3. The number of aliphatic carboxylic acids is 1. The van der Waals surface area contributed by atoms with Crippen molar-refractivity contribution in [3.05, 3.63) is 48.0 Å². The lowest BCUT2D eigenvalue weighted by Crippen LogP contribution is -2.29. The van der Waals surface area contributed by atoms with E-state index >= 15 is 0 Å². The Balaban J connectivity index is 0.000000396. The highest BCUT2D eigenvalue weighted by molar-refractivity contribution is 5.94. The second kappa shape index (κ2) is 10.1. The molecule has 1 unspecified atom stereocenters. The van der Waals surface area contributed by atoms with Crippen LogP contribution in [0, 0.1) is 0 Å². The number of carbonyl (C=O) groups is 2. The smallest absolute Gasteiger partial charge is 0.475 e. The van der Waals surface area contributed by atoms with Gasteiger partial charge in [0.15, 0.2) is 0 Å². The molecular formula is C19H23F3N4O4. The number of benzene rings is 1. The number of aliphatic hydroxyl groups excluding tert-OH is 1. The number of imidazole rings is 1. The number of hydrogen-bond donors (Lipinski definition) is 3. The Morgan fingerprint density at radius 2 is 1.77 bits per heavy atom. The zero-order valence-corrected chi connectivity index (χ0v) is 16.3. The van der Waals surface area contributed by atoms with Crippen molar-refractivity contribution in [1.82, 2.24) is 14.9 Å². The van der Waals surface area contributed by atoms with Gasteiger partial charge >= 0.3 is 12.1 Å². The first-order valence-electron chi connectivity index (χ1n) is 9.18. The van der Waals surface area contributed by atoms with Gasteiger partial charge in [-0.2, -0.15) is 13.2 Å². The molecule has 1 aromatic heterocycles. The lowest BCUT2D eigenvalue weighted by Gasteiger charge is -2.17. The lowest BCUT2D eigenvalue weighted by atomic mass is 10.2. The second-order valence-corrected chi connectivity index (χ2v) is 6.67. The van der Waals surface area contributed by atoms with Crippen LogP contribution < -0.4 is 10.2 Å². The minimum Gasteiger partial charge on any atom is -0.475 e. The summed E-state index contributed by atoms with van der Waals surface area (Å²) in [6.45, 7) is 2.31. The number of halogens is 3. The molecule has 3 rings (SSSR count). The monoisotopic (exact) mass is 428 g/mol. The van der Waals surface area contributed by atoms with E-state index in [4.69, 9.17) is 9.90 Å². The zero-order chi connectivity index (χ0) is 22.3. The molecule has 1 atom stereocenters. The molecular weight excluding hydrogens is 405 g/mol. The van der Waals surface area contributed by atoms with Gasteiger partial charge in [-0.05, 0) is 37.1 Å². The van der Waals surface area contributed by atoms with Gasteiger partial charge in [-0.25, -0.2) is 9.78 Å². The van der Waals surface area contributed by atoms with Crippen LogP contribution in [0.15, 0.2) is 36.7 Å². The number of nitrogens with zero attached hydrogens (tertiary/aromatic N) is 3. The van der Waals surface area contributed by atoms with E-state index in [-0.39, 0.29) is 12.5 Å². The highest BCUT2D eigenvalue weighted by Gasteiger charge is 2.38. The molecule has 1 aliphatic heterocycles. The Kier molecular flexibility index (Phi) is 7.81. The van der Waals surface area contributed by atoms with Crippen molar-refractivity contribution >= 4 is 17.6 Å². The number of amides is 1.